The van der Waals surface area contributed by atoms with Crippen LogP contribution in [-0.2, 0) is 9.47 Å². The van der Waals surface area contributed by atoms with Crippen molar-refractivity contribution < 1.29 is 19.4 Å². The molecule has 0 radical (unpaired) electrons. The second-order valence-electron chi connectivity index (χ2n) is 3.71. The van der Waals surface area contributed by atoms with Crippen LogP contribution in [0.15, 0.2) is 29.6 Å². The van der Waals surface area contributed by atoms with Crippen molar-refractivity contribution in [2.45, 2.75) is 0 Å². The van der Waals surface area contributed by atoms with Gasteiger partial charge in [0.1, 0.15) is 6.79 Å². The maximum atomic E-state index is 10.5. The highest BCUT2D eigenvalue weighted by atomic mass is 16.7. The summed E-state index contributed by atoms with van der Waals surface area (Å²) in [5, 5.41) is 12.5. The molecular formula is C11H13N3O4. The molecule has 0 atom stereocenters. The monoisotopic (exact) mass is 251 g/mol. The first-order valence-corrected chi connectivity index (χ1v) is 5.40. The largest absolute Gasteiger partial charge is 0.464 e. The van der Waals surface area contributed by atoms with Crippen LogP contribution in [0.5, 0.6) is 0 Å². The van der Waals surface area contributed by atoms with Crippen molar-refractivity contribution in [3.05, 3.63) is 30.1 Å². The number of hydrogen-bond acceptors (Lipinski definition) is 5. The van der Waals surface area contributed by atoms with E-state index in [1.807, 2.05) is 5.43 Å². The number of carbonyl (C=O) groups is 1. The summed E-state index contributed by atoms with van der Waals surface area (Å²) in [5.41, 5.74) is 3.39. The van der Waals surface area contributed by atoms with Crippen LogP contribution in [0, 0.1) is 5.92 Å². The lowest BCUT2D eigenvalue weighted by molar-refractivity contribution is -0.111. The average Bonchev–Trinajstić information content (AvgIpc) is 2.41. The molecule has 2 N–H and O–H groups in total. The highest BCUT2D eigenvalue weighted by Crippen LogP contribution is 2.14. The van der Waals surface area contributed by atoms with E-state index in [9.17, 15) is 4.79 Å². The summed E-state index contributed by atoms with van der Waals surface area (Å²) in [4.78, 5) is 14.4. The van der Waals surface area contributed by atoms with Gasteiger partial charge in [0.25, 0.3) is 0 Å². The Balaban J connectivity index is 2.22. The summed E-state index contributed by atoms with van der Waals surface area (Å²) in [5.74, 6) is -0.104. The summed E-state index contributed by atoms with van der Waals surface area (Å²) in [7, 11) is 0. The number of aromatic nitrogens is 1. The first-order valence-electron chi connectivity index (χ1n) is 5.40. The van der Waals surface area contributed by atoms with Crippen LogP contribution in [0.1, 0.15) is 5.56 Å². The SMILES string of the molecule is O=C(O)NN=C(c1ccncc1)C1COCOC1. The van der Waals surface area contributed by atoms with E-state index in [2.05, 4.69) is 10.1 Å². The number of carboxylic acid groups (broad SMARTS) is 1. The molecule has 0 spiro atoms. The van der Waals surface area contributed by atoms with Gasteiger partial charge in [-0.15, -0.1) is 0 Å². The van der Waals surface area contributed by atoms with Gasteiger partial charge in [-0.1, -0.05) is 0 Å². The number of ether oxygens (including phenoxy) is 2. The zero-order chi connectivity index (χ0) is 12.8. The van der Waals surface area contributed by atoms with Gasteiger partial charge in [-0.05, 0) is 12.1 Å². The Morgan fingerprint density at radius 1 is 1.39 bits per heavy atom. The standard InChI is InChI=1S/C11H13N3O4/c15-11(16)14-13-10(8-1-3-12-4-2-8)9-5-17-7-18-6-9/h1-4,9,14H,5-7H2,(H,15,16). The van der Waals surface area contributed by atoms with E-state index in [-0.39, 0.29) is 12.7 Å². The van der Waals surface area contributed by atoms with Gasteiger partial charge in [0.05, 0.1) is 24.8 Å². The first-order chi connectivity index (χ1) is 8.77. The van der Waals surface area contributed by atoms with Crippen LogP contribution in [0.3, 0.4) is 0 Å². The average molecular weight is 251 g/mol. The Hall–Kier alpha value is -1.99. The van der Waals surface area contributed by atoms with Gasteiger partial charge in [-0.3, -0.25) is 4.98 Å². The fraction of sp³-hybridized carbons (Fsp3) is 0.364. The van der Waals surface area contributed by atoms with E-state index < -0.39 is 6.09 Å². The number of hydrogen-bond donors (Lipinski definition) is 2. The molecule has 1 saturated heterocycles. The molecule has 2 heterocycles. The number of nitrogens with zero attached hydrogens (tertiary/aromatic N) is 2. The smallest absolute Gasteiger partial charge is 0.425 e. The zero-order valence-corrected chi connectivity index (χ0v) is 9.57. The van der Waals surface area contributed by atoms with E-state index >= 15 is 0 Å². The van der Waals surface area contributed by atoms with Gasteiger partial charge in [-0.25, -0.2) is 10.2 Å². The van der Waals surface area contributed by atoms with Gasteiger partial charge < -0.3 is 14.6 Å². The fourth-order valence-electron chi connectivity index (χ4n) is 1.67. The normalized spacial score (nSPS) is 17.4. The minimum absolute atomic E-state index is 0.104. The van der Waals surface area contributed by atoms with E-state index in [1.54, 1.807) is 24.5 Å². The molecule has 1 fully saturated rings. The topological polar surface area (TPSA) is 93.0 Å². The molecule has 96 valence electrons. The molecular weight excluding hydrogens is 238 g/mol. The molecule has 1 aromatic heterocycles. The van der Waals surface area contributed by atoms with Gasteiger partial charge in [0.2, 0.25) is 0 Å². The van der Waals surface area contributed by atoms with Crippen molar-refractivity contribution in [2.24, 2.45) is 11.0 Å². The van der Waals surface area contributed by atoms with Crippen molar-refractivity contribution in [3.63, 3.8) is 0 Å². The zero-order valence-electron chi connectivity index (χ0n) is 9.57. The summed E-state index contributed by atoms with van der Waals surface area (Å²) in [6.07, 6.45) is 2.03. The molecule has 1 amide bonds. The molecule has 7 heteroatoms. The highest BCUT2D eigenvalue weighted by Gasteiger charge is 2.22. The molecule has 0 aromatic carbocycles. The summed E-state index contributed by atoms with van der Waals surface area (Å²) < 4.78 is 10.4. The Bertz CT molecular complexity index is 429. The van der Waals surface area contributed by atoms with E-state index in [0.717, 1.165) is 5.56 Å². The van der Waals surface area contributed by atoms with Crippen molar-refractivity contribution in [2.75, 3.05) is 20.0 Å². The Kier molecular flexibility index (Phi) is 4.21. The second-order valence-corrected chi connectivity index (χ2v) is 3.71. The van der Waals surface area contributed by atoms with Crippen molar-refractivity contribution in [1.29, 1.82) is 0 Å². The van der Waals surface area contributed by atoms with E-state index in [0.29, 0.717) is 18.9 Å². The molecule has 1 aliphatic heterocycles. The predicted octanol–water partition coefficient (Wildman–Crippen LogP) is 0.674. The van der Waals surface area contributed by atoms with Crippen LogP contribution in [0.2, 0.25) is 0 Å². The molecule has 7 nitrogen and oxygen atoms in total. The molecule has 0 aliphatic carbocycles. The molecule has 0 unspecified atom stereocenters. The van der Waals surface area contributed by atoms with Gasteiger partial charge in [0, 0.05) is 18.0 Å². The van der Waals surface area contributed by atoms with Crippen LogP contribution in [0.4, 0.5) is 4.79 Å². The summed E-state index contributed by atoms with van der Waals surface area (Å²) in [6.45, 7) is 1.15. The summed E-state index contributed by atoms with van der Waals surface area (Å²) >= 11 is 0. The number of nitrogens with one attached hydrogen (secondary N) is 1. The lowest BCUT2D eigenvalue weighted by Crippen LogP contribution is -2.33. The molecule has 1 aliphatic rings. The lowest BCUT2D eigenvalue weighted by atomic mass is 9.98. The molecule has 0 saturated carbocycles. The third kappa shape index (κ3) is 3.25. The Labute approximate surface area is 103 Å². The number of hydrazone groups is 1. The predicted molar refractivity (Wildman–Crippen MR) is 62.2 cm³/mol. The molecule has 0 bridgehead atoms. The minimum Gasteiger partial charge on any atom is -0.464 e. The fourth-order valence-corrected chi connectivity index (χ4v) is 1.67. The third-order valence-corrected chi connectivity index (χ3v) is 2.44. The maximum absolute atomic E-state index is 10.5. The van der Waals surface area contributed by atoms with Gasteiger partial charge in [0.15, 0.2) is 0 Å². The number of amides is 1. The van der Waals surface area contributed by atoms with Crippen LogP contribution in [0.25, 0.3) is 0 Å². The Morgan fingerprint density at radius 2 is 2.06 bits per heavy atom. The van der Waals surface area contributed by atoms with Gasteiger partial charge in [-0.2, -0.15) is 5.10 Å². The second kappa shape index (κ2) is 6.08. The lowest BCUT2D eigenvalue weighted by Gasteiger charge is -2.23. The quantitative estimate of drug-likeness (QED) is 0.608. The maximum Gasteiger partial charge on any atom is 0.425 e. The minimum atomic E-state index is -1.21. The Morgan fingerprint density at radius 3 is 2.67 bits per heavy atom. The molecule has 18 heavy (non-hydrogen) atoms. The van der Waals surface area contributed by atoms with Gasteiger partial charge >= 0.3 is 6.09 Å². The van der Waals surface area contributed by atoms with Crippen molar-refractivity contribution in [1.82, 2.24) is 10.4 Å². The third-order valence-electron chi connectivity index (χ3n) is 2.44. The van der Waals surface area contributed by atoms with Crippen LogP contribution >= 0.6 is 0 Å². The number of rotatable bonds is 3. The van der Waals surface area contributed by atoms with Crippen molar-refractivity contribution in [3.8, 4) is 0 Å². The first kappa shape index (κ1) is 12.5. The van der Waals surface area contributed by atoms with E-state index in [4.69, 9.17) is 14.6 Å². The summed E-state index contributed by atoms with van der Waals surface area (Å²) in [6, 6.07) is 3.52. The van der Waals surface area contributed by atoms with Crippen LogP contribution in [-0.4, -0.2) is 41.9 Å². The molecule has 2 rings (SSSR count). The van der Waals surface area contributed by atoms with Crippen molar-refractivity contribution >= 4 is 11.8 Å². The van der Waals surface area contributed by atoms with Crippen LogP contribution < -0.4 is 5.43 Å². The number of pyridine rings is 1. The van der Waals surface area contributed by atoms with E-state index in [1.165, 1.54) is 0 Å². The molecule has 1 aromatic rings. The highest BCUT2D eigenvalue weighted by molar-refractivity contribution is 6.02.